The molecule has 1 aliphatic carbocycles. The smallest absolute Gasteiger partial charge is 0.253 e. The Kier molecular flexibility index (Phi) is 4.60. The van der Waals surface area contributed by atoms with E-state index in [4.69, 9.17) is 0 Å². The average Bonchev–Trinajstić information content (AvgIpc) is 3.01. The fourth-order valence-electron chi connectivity index (χ4n) is 3.32. The van der Waals surface area contributed by atoms with E-state index in [-0.39, 0.29) is 11.7 Å². The van der Waals surface area contributed by atoms with Crippen LogP contribution in [0.1, 0.15) is 59.1 Å². The summed E-state index contributed by atoms with van der Waals surface area (Å²) in [5, 5.41) is 13.6. The highest BCUT2D eigenvalue weighted by molar-refractivity contribution is 5.94. The van der Waals surface area contributed by atoms with E-state index in [0.717, 1.165) is 30.5 Å². The highest BCUT2D eigenvalue weighted by Gasteiger charge is 2.32. The van der Waals surface area contributed by atoms with Gasteiger partial charge in [0.25, 0.3) is 5.91 Å². The number of carbonyl (C=O) groups is 1. The van der Waals surface area contributed by atoms with Gasteiger partial charge in [0, 0.05) is 11.9 Å². The monoisotopic (exact) mass is 342 g/mol. The number of halogens is 1. The molecule has 1 aromatic heterocycles. The Morgan fingerprint density at radius 2 is 2.08 bits per heavy atom. The molecule has 25 heavy (non-hydrogen) atoms. The first-order valence-electron chi connectivity index (χ1n) is 8.52. The molecule has 1 atom stereocenters. The first kappa shape index (κ1) is 17.5. The van der Waals surface area contributed by atoms with Crippen LogP contribution in [-0.4, -0.2) is 21.5 Å². The van der Waals surface area contributed by atoms with Gasteiger partial charge in [-0.05, 0) is 74.9 Å². The summed E-state index contributed by atoms with van der Waals surface area (Å²) in [5.41, 5.74) is 3.02. The molecule has 0 bridgehead atoms. The summed E-state index contributed by atoms with van der Waals surface area (Å²) in [4.78, 5) is 17.0. The number of amides is 1. The van der Waals surface area contributed by atoms with Gasteiger partial charge in [0.15, 0.2) is 0 Å². The van der Waals surface area contributed by atoms with Crippen molar-refractivity contribution in [1.82, 2.24) is 10.3 Å². The number of nitrogens with one attached hydrogen (secondary N) is 1. The lowest BCUT2D eigenvalue weighted by Gasteiger charge is -2.33. The van der Waals surface area contributed by atoms with Gasteiger partial charge in [-0.15, -0.1) is 0 Å². The summed E-state index contributed by atoms with van der Waals surface area (Å²) in [6, 6.07) is 6.13. The lowest BCUT2D eigenvalue weighted by Crippen LogP contribution is -2.48. The summed E-state index contributed by atoms with van der Waals surface area (Å²) in [5.74, 6) is -0.620. The molecule has 5 heteroatoms. The van der Waals surface area contributed by atoms with Crippen molar-refractivity contribution < 1.29 is 14.3 Å². The van der Waals surface area contributed by atoms with Crippen LogP contribution in [-0.2, 0) is 12.8 Å². The number of hydrogen-bond acceptors (Lipinski definition) is 3. The number of hydrogen-bond donors (Lipinski definition) is 2. The summed E-state index contributed by atoms with van der Waals surface area (Å²) in [6.45, 7) is 5.24. The third-order valence-corrected chi connectivity index (χ3v) is 4.83. The third-order valence-electron chi connectivity index (χ3n) is 4.83. The maximum Gasteiger partial charge on any atom is 0.253 e. The van der Waals surface area contributed by atoms with Crippen molar-refractivity contribution in [3.05, 3.63) is 64.2 Å². The predicted octanol–water partition coefficient (Wildman–Crippen LogP) is 3.26. The van der Waals surface area contributed by atoms with Crippen LogP contribution in [0.4, 0.5) is 4.39 Å². The van der Waals surface area contributed by atoms with Crippen LogP contribution in [0.15, 0.2) is 30.5 Å². The van der Waals surface area contributed by atoms with E-state index in [1.165, 1.54) is 12.1 Å². The molecule has 2 aromatic rings. The molecule has 2 N–H and O–H groups in total. The first-order chi connectivity index (χ1) is 11.8. The van der Waals surface area contributed by atoms with E-state index in [9.17, 15) is 14.3 Å². The minimum absolute atomic E-state index is 0.272. The van der Waals surface area contributed by atoms with Crippen molar-refractivity contribution in [2.45, 2.75) is 51.7 Å². The second kappa shape index (κ2) is 6.56. The number of rotatable bonds is 4. The number of nitrogens with zero attached hydrogens (tertiary/aromatic N) is 1. The second-order valence-electron chi connectivity index (χ2n) is 7.26. The molecule has 0 aliphatic heterocycles. The van der Waals surface area contributed by atoms with Gasteiger partial charge in [0.05, 0.1) is 11.1 Å². The number of benzene rings is 1. The highest BCUT2D eigenvalue weighted by atomic mass is 19.1. The van der Waals surface area contributed by atoms with Gasteiger partial charge in [0.1, 0.15) is 11.9 Å². The molecule has 3 rings (SSSR count). The fraction of sp³-hybridized carbons (Fsp3) is 0.400. The summed E-state index contributed by atoms with van der Waals surface area (Å²) < 4.78 is 13.3. The molecule has 0 saturated carbocycles. The van der Waals surface area contributed by atoms with Crippen molar-refractivity contribution >= 4 is 5.91 Å². The van der Waals surface area contributed by atoms with Crippen LogP contribution < -0.4 is 5.32 Å². The summed E-state index contributed by atoms with van der Waals surface area (Å²) in [6.07, 6.45) is 3.61. The van der Waals surface area contributed by atoms with Crippen molar-refractivity contribution in [2.75, 3.05) is 0 Å². The van der Waals surface area contributed by atoms with Gasteiger partial charge in [-0.25, -0.2) is 4.39 Å². The maximum absolute atomic E-state index is 13.3. The van der Waals surface area contributed by atoms with Crippen LogP contribution in [0, 0.1) is 12.7 Å². The normalized spacial score (nSPS) is 14.9. The number of aryl methyl sites for hydroxylation is 3. The molecule has 0 saturated heterocycles. The number of aromatic nitrogens is 1. The van der Waals surface area contributed by atoms with Crippen LogP contribution >= 0.6 is 0 Å². The largest absolute Gasteiger partial charge is 0.386 e. The van der Waals surface area contributed by atoms with E-state index >= 15 is 0 Å². The molecule has 1 amide bonds. The van der Waals surface area contributed by atoms with E-state index in [1.807, 2.05) is 6.07 Å². The van der Waals surface area contributed by atoms with Crippen molar-refractivity contribution in [1.29, 1.82) is 0 Å². The molecular formula is C20H23FN2O2. The molecule has 1 aromatic carbocycles. The Bertz CT molecular complexity index is 817. The molecule has 0 radical (unpaired) electrons. The quantitative estimate of drug-likeness (QED) is 0.896. The van der Waals surface area contributed by atoms with Gasteiger partial charge in [-0.3, -0.25) is 9.78 Å². The molecule has 1 aliphatic rings. The predicted molar refractivity (Wildman–Crippen MR) is 93.9 cm³/mol. The number of carbonyl (C=O) groups excluding carboxylic acids is 1. The lowest BCUT2D eigenvalue weighted by atomic mass is 9.88. The van der Waals surface area contributed by atoms with E-state index in [2.05, 4.69) is 10.3 Å². The third kappa shape index (κ3) is 3.56. The highest BCUT2D eigenvalue weighted by Crippen LogP contribution is 2.29. The van der Waals surface area contributed by atoms with E-state index < -0.39 is 11.6 Å². The molecular weight excluding hydrogens is 319 g/mol. The minimum Gasteiger partial charge on any atom is -0.386 e. The summed E-state index contributed by atoms with van der Waals surface area (Å²) >= 11 is 0. The molecule has 132 valence electrons. The van der Waals surface area contributed by atoms with E-state index in [1.54, 1.807) is 33.0 Å². The zero-order valence-corrected chi connectivity index (χ0v) is 14.8. The Labute approximate surface area is 147 Å². The number of aliphatic hydroxyl groups excluding tert-OH is 1. The van der Waals surface area contributed by atoms with E-state index in [0.29, 0.717) is 16.7 Å². The lowest BCUT2D eigenvalue weighted by molar-refractivity contribution is 0.0631. The van der Waals surface area contributed by atoms with Gasteiger partial charge < -0.3 is 10.4 Å². The molecule has 1 heterocycles. The fourth-order valence-corrected chi connectivity index (χ4v) is 3.32. The SMILES string of the molecule is Cc1cc(F)ccc1C(O)C(C)(C)NC(=O)c1cnc2c(c1)CCC2. The van der Waals surface area contributed by atoms with Crippen LogP contribution in [0.3, 0.4) is 0 Å². The first-order valence-corrected chi connectivity index (χ1v) is 8.52. The van der Waals surface area contributed by atoms with Crippen LogP contribution in [0.25, 0.3) is 0 Å². The van der Waals surface area contributed by atoms with Crippen molar-refractivity contribution in [2.24, 2.45) is 0 Å². The van der Waals surface area contributed by atoms with Gasteiger partial charge >= 0.3 is 0 Å². The van der Waals surface area contributed by atoms with Crippen molar-refractivity contribution in [3.8, 4) is 0 Å². The Morgan fingerprint density at radius 3 is 2.80 bits per heavy atom. The maximum atomic E-state index is 13.3. The average molecular weight is 342 g/mol. The molecule has 0 spiro atoms. The van der Waals surface area contributed by atoms with Crippen LogP contribution in [0.5, 0.6) is 0 Å². The van der Waals surface area contributed by atoms with Gasteiger partial charge in [-0.1, -0.05) is 6.07 Å². The van der Waals surface area contributed by atoms with Crippen LogP contribution in [0.2, 0.25) is 0 Å². The number of aliphatic hydroxyl groups is 1. The molecule has 0 fully saturated rings. The Balaban J connectivity index is 1.79. The zero-order chi connectivity index (χ0) is 18.2. The molecule has 1 unspecified atom stereocenters. The minimum atomic E-state index is -0.959. The summed E-state index contributed by atoms with van der Waals surface area (Å²) in [7, 11) is 0. The Hall–Kier alpha value is -2.27. The number of pyridine rings is 1. The van der Waals surface area contributed by atoms with Gasteiger partial charge in [-0.2, -0.15) is 0 Å². The Morgan fingerprint density at radius 1 is 1.32 bits per heavy atom. The second-order valence-corrected chi connectivity index (χ2v) is 7.26. The number of fused-ring (bicyclic) bond motifs is 1. The standard InChI is InChI=1S/C20H23FN2O2/c1-12-9-15(21)7-8-16(12)18(24)20(2,3)23-19(25)14-10-13-5-4-6-17(13)22-11-14/h7-11,18,24H,4-6H2,1-3H3,(H,23,25). The van der Waals surface area contributed by atoms with Crippen molar-refractivity contribution in [3.63, 3.8) is 0 Å². The molecule has 4 nitrogen and oxygen atoms in total. The zero-order valence-electron chi connectivity index (χ0n) is 14.8. The van der Waals surface area contributed by atoms with Gasteiger partial charge in [0.2, 0.25) is 0 Å². The topological polar surface area (TPSA) is 62.2 Å².